The fourth-order valence-corrected chi connectivity index (χ4v) is 2.22. The van der Waals surface area contributed by atoms with Gasteiger partial charge in [-0.15, -0.1) is 11.8 Å². The van der Waals surface area contributed by atoms with Gasteiger partial charge in [-0.2, -0.15) is 0 Å². The molecule has 0 saturated carbocycles. The van der Waals surface area contributed by atoms with Crippen LogP contribution < -0.4 is 10.6 Å². The number of hydrogen-bond acceptors (Lipinski definition) is 4. The Balaban J connectivity index is 1.72. The summed E-state index contributed by atoms with van der Waals surface area (Å²) in [6.45, 7) is 0.155. The van der Waals surface area contributed by atoms with E-state index in [0.717, 1.165) is 23.9 Å². The van der Waals surface area contributed by atoms with E-state index in [-0.39, 0.29) is 12.3 Å². The van der Waals surface area contributed by atoms with Gasteiger partial charge in [0.2, 0.25) is 5.91 Å². The van der Waals surface area contributed by atoms with Crippen molar-refractivity contribution < 1.29 is 22.8 Å². The summed E-state index contributed by atoms with van der Waals surface area (Å²) in [5.74, 6) is -2.03. The number of benzene rings is 1. The molecule has 8 heteroatoms. The van der Waals surface area contributed by atoms with E-state index in [4.69, 9.17) is 4.42 Å². The Hall–Kier alpha value is -2.35. The van der Waals surface area contributed by atoms with Crippen molar-refractivity contribution in [3.05, 3.63) is 54.0 Å². The number of amides is 3. The molecular formula is C14H12F2N2O3S. The molecule has 2 rings (SSSR count). The Bertz CT molecular complexity index is 662. The van der Waals surface area contributed by atoms with E-state index >= 15 is 0 Å². The fourth-order valence-electron chi connectivity index (χ4n) is 1.50. The molecule has 0 unspecified atom stereocenters. The molecule has 3 amide bonds. The second-order valence-electron chi connectivity index (χ2n) is 4.17. The highest BCUT2D eigenvalue weighted by Crippen LogP contribution is 2.19. The number of imide groups is 1. The maximum Gasteiger partial charge on any atom is 0.321 e. The zero-order valence-electron chi connectivity index (χ0n) is 11.3. The van der Waals surface area contributed by atoms with Crippen molar-refractivity contribution in [3.8, 4) is 0 Å². The number of nitrogens with one attached hydrogen (secondary N) is 2. The zero-order chi connectivity index (χ0) is 15.9. The van der Waals surface area contributed by atoms with Crippen molar-refractivity contribution in [2.75, 3.05) is 5.75 Å². The molecule has 22 heavy (non-hydrogen) atoms. The zero-order valence-corrected chi connectivity index (χ0v) is 12.1. The Morgan fingerprint density at radius 3 is 2.68 bits per heavy atom. The molecule has 1 aromatic heterocycles. The lowest BCUT2D eigenvalue weighted by Crippen LogP contribution is -2.39. The first-order chi connectivity index (χ1) is 10.5. The van der Waals surface area contributed by atoms with Crippen LogP contribution in [0, 0.1) is 11.6 Å². The van der Waals surface area contributed by atoms with E-state index < -0.39 is 23.6 Å². The van der Waals surface area contributed by atoms with Crippen LogP contribution in [0.25, 0.3) is 0 Å². The number of rotatable bonds is 5. The average Bonchev–Trinajstić information content (AvgIpc) is 3.00. The van der Waals surface area contributed by atoms with Gasteiger partial charge in [0.05, 0.1) is 18.6 Å². The number of carbonyl (C=O) groups excluding carboxylic acids is 2. The van der Waals surface area contributed by atoms with E-state index in [1.54, 1.807) is 12.1 Å². The molecule has 0 saturated heterocycles. The minimum absolute atomic E-state index is 0.0980. The predicted molar refractivity (Wildman–Crippen MR) is 76.2 cm³/mol. The maximum atomic E-state index is 13.0. The average molecular weight is 326 g/mol. The van der Waals surface area contributed by atoms with Crippen molar-refractivity contribution in [2.24, 2.45) is 0 Å². The second kappa shape index (κ2) is 7.60. The van der Waals surface area contributed by atoms with Crippen molar-refractivity contribution in [2.45, 2.75) is 11.4 Å². The third-order valence-electron chi connectivity index (χ3n) is 2.52. The van der Waals surface area contributed by atoms with Crippen molar-refractivity contribution in [1.82, 2.24) is 10.6 Å². The van der Waals surface area contributed by atoms with Crippen molar-refractivity contribution in [3.63, 3.8) is 0 Å². The lowest BCUT2D eigenvalue weighted by Gasteiger charge is -2.05. The SMILES string of the molecule is O=C(CSc1ccc(F)c(F)c1)NC(=O)NCc1ccco1. The second-order valence-corrected chi connectivity index (χ2v) is 5.22. The van der Waals surface area contributed by atoms with Crippen LogP contribution in [-0.2, 0) is 11.3 Å². The lowest BCUT2D eigenvalue weighted by atomic mass is 10.3. The summed E-state index contributed by atoms with van der Waals surface area (Å²) in [5.41, 5.74) is 0. The highest BCUT2D eigenvalue weighted by atomic mass is 32.2. The van der Waals surface area contributed by atoms with Gasteiger partial charge in [0.15, 0.2) is 11.6 Å². The summed E-state index contributed by atoms with van der Waals surface area (Å²) in [7, 11) is 0. The van der Waals surface area contributed by atoms with Gasteiger partial charge in [-0.3, -0.25) is 10.1 Å². The summed E-state index contributed by atoms with van der Waals surface area (Å²) in [6, 6.07) is 6.02. The van der Waals surface area contributed by atoms with Crippen molar-refractivity contribution >= 4 is 23.7 Å². The van der Waals surface area contributed by atoms with Crippen LogP contribution in [-0.4, -0.2) is 17.7 Å². The number of halogens is 2. The molecule has 0 bridgehead atoms. The summed E-state index contributed by atoms with van der Waals surface area (Å²) in [5, 5.41) is 4.57. The summed E-state index contributed by atoms with van der Waals surface area (Å²) in [4.78, 5) is 23.4. The van der Waals surface area contributed by atoms with Crippen LogP contribution in [0.4, 0.5) is 13.6 Å². The Morgan fingerprint density at radius 1 is 1.18 bits per heavy atom. The maximum absolute atomic E-state index is 13.0. The van der Waals surface area contributed by atoms with Crippen LogP contribution >= 0.6 is 11.8 Å². The molecule has 2 N–H and O–H groups in total. The topological polar surface area (TPSA) is 71.3 Å². The number of thioether (sulfide) groups is 1. The van der Waals surface area contributed by atoms with Crippen LogP contribution in [0.5, 0.6) is 0 Å². The molecule has 0 fully saturated rings. The highest BCUT2D eigenvalue weighted by Gasteiger charge is 2.10. The number of urea groups is 1. The standard InChI is InChI=1S/C14H12F2N2O3S/c15-11-4-3-10(6-12(11)16)22-8-13(19)18-14(20)17-7-9-2-1-5-21-9/h1-6H,7-8H2,(H2,17,18,19,20). The van der Waals surface area contributed by atoms with Gasteiger partial charge in [0, 0.05) is 4.90 Å². The largest absolute Gasteiger partial charge is 0.467 e. The molecule has 0 atom stereocenters. The molecule has 1 aromatic carbocycles. The summed E-state index contributed by atoms with van der Waals surface area (Å²) in [6.07, 6.45) is 1.47. The van der Waals surface area contributed by atoms with Gasteiger partial charge in [-0.05, 0) is 30.3 Å². The highest BCUT2D eigenvalue weighted by molar-refractivity contribution is 8.00. The minimum Gasteiger partial charge on any atom is -0.467 e. The normalized spacial score (nSPS) is 10.3. The van der Waals surface area contributed by atoms with Gasteiger partial charge in [0.25, 0.3) is 0 Å². The van der Waals surface area contributed by atoms with Gasteiger partial charge in [-0.25, -0.2) is 13.6 Å². The number of furan rings is 1. The minimum atomic E-state index is -0.985. The van der Waals surface area contributed by atoms with Crippen LogP contribution in [0.3, 0.4) is 0 Å². The smallest absolute Gasteiger partial charge is 0.321 e. The predicted octanol–water partition coefficient (Wildman–Crippen LogP) is 2.68. The molecule has 0 aliphatic carbocycles. The third kappa shape index (κ3) is 4.88. The molecule has 116 valence electrons. The molecule has 5 nitrogen and oxygen atoms in total. The van der Waals surface area contributed by atoms with Gasteiger partial charge in [-0.1, -0.05) is 0 Å². The van der Waals surface area contributed by atoms with Crippen LogP contribution in [0.1, 0.15) is 5.76 Å². The Morgan fingerprint density at radius 2 is 2.00 bits per heavy atom. The third-order valence-corrected chi connectivity index (χ3v) is 3.51. The monoisotopic (exact) mass is 326 g/mol. The van der Waals surface area contributed by atoms with Gasteiger partial charge in [0.1, 0.15) is 5.76 Å². The lowest BCUT2D eigenvalue weighted by molar-refractivity contribution is -0.117. The van der Waals surface area contributed by atoms with E-state index in [0.29, 0.717) is 10.7 Å². The summed E-state index contributed by atoms with van der Waals surface area (Å²) < 4.78 is 30.8. The molecule has 0 spiro atoms. The van der Waals surface area contributed by atoms with Crippen molar-refractivity contribution in [1.29, 1.82) is 0 Å². The van der Waals surface area contributed by atoms with E-state index in [9.17, 15) is 18.4 Å². The first-order valence-corrected chi connectivity index (χ1v) is 7.21. The van der Waals surface area contributed by atoms with E-state index in [2.05, 4.69) is 10.6 Å². The first kappa shape index (κ1) is 16.0. The number of carbonyl (C=O) groups is 2. The number of hydrogen-bond donors (Lipinski definition) is 2. The van der Waals surface area contributed by atoms with Crippen LogP contribution in [0.2, 0.25) is 0 Å². The summed E-state index contributed by atoms with van der Waals surface area (Å²) >= 11 is 0.992. The quantitative estimate of drug-likeness (QED) is 0.829. The van der Waals surface area contributed by atoms with E-state index in [1.165, 1.54) is 12.3 Å². The first-order valence-electron chi connectivity index (χ1n) is 6.22. The molecule has 0 radical (unpaired) electrons. The Kier molecular flexibility index (Phi) is 5.54. The fraction of sp³-hybridized carbons (Fsp3) is 0.143. The van der Waals surface area contributed by atoms with Crippen LogP contribution in [0.15, 0.2) is 45.9 Å². The molecule has 0 aliphatic heterocycles. The Labute approximate surface area is 129 Å². The molecule has 0 aliphatic rings. The molecule has 1 heterocycles. The molecular weight excluding hydrogens is 314 g/mol. The molecule has 2 aromatic rings. The van der Waals surface area contributed by atoms with Gasteiger partial charge >= 0.3 is 6.03 Å². The van der Waals surface area contributed by atoms with E-state index in [1.807, 2.05) is 0 Å². The van der Waals surface area contributed by atoms with Gasteiger partial charge < -0.3 is 9.73 Å².